The van der Waals surface area contributed by atoms with Crippen LogP contribution < -0.4 is 5.73 Å². The van der Waals surface area contributed by atoms with Gasteiger partial charge >= 0.3 is 0 Å². The lowest BCUT2D eigenvalue weighted by molar-refractivity contribution is -0.0871. The molecule has 1 fully saturated rings. The molecule has 0 aromatic carbocycles. The van der Waals surface area contributed by atoms with Gasteiger partial charge in [0.2, 0.25) is 0 Å². The molecular formula is C14H21F2NO2. The van der Waals surface area contributed by atoms with Gasteiger partial charge in [0.05, 0.1) is 18.2 Å². The van der Waals surface area contributed by atoms with Crippen LogP contribution in [0.5, 0.6) is 0 Å². The van der Waals surface area contributed by atoms with Gasteiger partial charge in [0.25, 0.3) is 0 Å². The molecular weight excluding hydrogens is 252 g/mol. The molecule has 0 spiro atoms. The van der Waals surface area contributed by atoms with Crippen molar-refractivity contribution < 1.29 is 18.6 Å². The van der Waals surface area contributed by atoms with E-state index < -0.39 is 23.1 Å². The van der Waals surface area contributed by atoms with Crippen molar-refractivity contribution in [3.63, 3.8) is 0 Å². The number of aliphatic hydroxyl groups is 1. The first-order chi connectivity index (χ1) is 8.88. The summed E-state index contributed by atoms with van der Waals surface area (Å²) in [5, 5.41) is 9.53. The summed E-state index contributed by atoms with van der Waals surface area (Å²) in [6.07, 6.45) is 2.82. The fraction of sp³-hybridized carbons (Fsp3) is 0.714. The summed E-state index contributed by atoms with van der Waals surface area (Å²) in [6, 6.07) is 0. The van der Waals surface area contributed by atoms with Gasteiger partial charge in [-0.2, -0.15) is 0 Å². The summed E-state index contributed by atoms with van der Waals surface area (Å²) >= 11 is 0. The number of aliphatic hydroxyl groups excluding tert-OH is 1. The molecule has 3 nitrogen and oxygen atoms in total. The van der Waals surface area contributed by atoms with E-state index in [4.69, 9.17) is 10.5 Å². The summed E-state index contributed by atoms with van der Waals surface area (Å²) in [5.74, 6) is -2.41. The fourth-order valence-corrected chi connectivity index (χ4v) is 3.30. The molecule has 108 valence electrons. The number of nitrogens with two attached hydrogens (primary N) is 1. The molecule has 5 atom stereocenters. The number of ether oxygens (including phenoxy) is 1. The van der Waals surface area contributed by atoms with Gasteiger partial charge in [-0.3, -0.25) is 0 Å². The Morgan fingerprint density at radius 3 is 2.74 bits per heavy atom. The Balaban J connectivity index is 2.31. The van der Waals surface area contributed by atoms with Crippen LogP contribution in [0.15, 0.2) is 23.8 Å². The molecule has 1 heterocycles. The highest BCUT2D eigenvalue weighted by molar-refractivity contribution is 5.27. The Bertz CT molecular complexity index is 410. The minimum absolute atomic E-state index is 0.00737. The second kappa shape index (κ2) is 5.31. The number of hydrogen-bond donors (Lipinski definition) is 2. The second-order valence-electron chi connectivity index (χ2n) is 5.77. The zero-order chi connectivity index (χ0) is 14.2. The Labute approximate surface area is 112 Å². The zero-order valence-corrected chi connectivity index (χ0v) is 11.3. The predicted octanol–water partition coefficient (Wildman–Crippen LogP) is 2.07. The standard InChI is InChI=1S/C14H21F2NO2/c1-8-3-11(15)5-12(16)13(8)14(17)7-19-9(2)4-10(14)6-18/h3,5,8-10,13,18H,4,6-7,17H2,1-2H3/t8?,9-,10-,13?,14-/m0/s1. The van der Waals surface area contributed by atoms with Crippen LogP contribution in [0.25, 0.3) is 0 Å². The van der Waals surface area contributed by atoms with E-state index in [-0.39, 0.29) is 31.2 Å². The molecule has 1 saturated heterocycles. The van der Waals surface area contributed by atoms with Gasteiger partial charge in [-0.1, -0.05) is 6.92 Å². The molecule has 2 rings (SSSR count). The average molecular weight is 273 g/mol. The maximum Gasteiger partial charge on any atom is 0.122 e. The Morgan fingerprint density at radius 2 is 2.16 bits per heavy atom. The molecule has 1 aliphatic carbocycles. The highest BCUT2D eigenvalue weighted by Crippen LogP contribution is 2.43. The number of hydrogen-bond acceptors (Lipinski definition) is 3. The number of allylic oxidation sites excluding steroid dienone is 3. The fourth-order valence-electron chi connectivity index (χ4n) is 3.30. The van der Waals surface area contributed by atoms with E-state index in [0.717, 1.165) is 6.08 Å². The third-order valence-electron chi connectivity index (χ3n) is 4.31. The Hall–Kier alpha value is -0.780. The summed E-state index contributed by atoms with van der Waals surface area (Å²) in [5.41, 5.74) is 5.36. The molecule has 19 heavy (non-hydrogen) atoms. The van der Waals surface area contributed by atoms with Gasteiger partial charge in [-0.15, -0.1) is 0 Å². The van der Waals surface area contributed by atoms with Crippen molar-refractivity contribution in [3.05, 3.63) is 23.8 Å². The SMILES string of the molecule is CC1C=C(F)C=C(F)C1[C@]1(N)CO[C@@H](C)C[C@H]1CO. The van der Waals surface area contributed by atoms with Crippen LogP contribution in [0.3, 0.4) is 0 Å². The summed E-state index contributed by atoms with van der Waals surface area (Å²) in [6.45, 7) is 3.69. The van der Waals surface area contributed by atoms with Gasteiger partial charge in [-0.25, -0.2) is 8.78 Å². The zero-order valence-electron chi connectivity index (χ0n) is 11.3. The van der Waals surface area contributed by atoms with E-state index in [2.05, 4.69) is 0 Å². The first kappa shape index (κ1) is 14.6. The maximum atomic E-state index is 14.1. The average Bonchev–Trinajstić information content (AvgIpc) is 2.31. The van der Waals surface area contributed by atoms with Crippen LogP contribution in [0.1, 0.15) is 20.3 Å². The quantitative estimate of drug-likeness (QED) is 0.810. The molecule has 2 aliphatic rings. The normalized spacial score (nSPS) is 43.7. The maximum absolute atomic E-state index is 14.1. The lowest BCUT2D eigenvalue weighted by Crippen LogP contribution is -2.63. The molecule has 0 saturated carbocycles. The van der Waals surface area contributed by atoms with E-state index in [0.29, 0.717) is 6.42 Å². The second-order valence-corrected chi connectivity index (χ2v) is 5.77. The summed E-state index contributed by atoms with van der Waals surface area (Å²) in [4.78, 5) is 0. The largest absolute Gasteiger partial charge is 0.396 e. The van der Waals surface area contributed by atoms with E-state index in [1.807, 2.05) is 6.92 Å². The predicted molar refractivity (Wildman–Crippen MR) is 68.6 cm³/mol. The van der Waals surface area contributed by atoms with Gasteiger partial charge in [0.15, 0.2) is 0 Å². The minimum atomic E-state index is -1.00. The van der Waals surface area contributed by atoms with Crippen molar-refractivity contribution >= 4 is 0 Å². The van der Waals surface area contributed by atoms with Gasteiger partial charge in [0.1, 0.15) is 11.7 Å². The summed E-state index contributed by atoms with van der Waals surface area (Å²) < 4.78 is 32.9. The Kier molecular flexibility index (Phi) is 4.08. The highest BCUT2D eigenvalue weighted by Gasteiger charge is 2.50. The van der Waals surface area contributed by atoms with E-state index in [9.17, 15) is 13.9 Å². The minimum Gasteiger partial charge on any atom is -0.396 e. The third kappa shape index (κ3) is 2.59. The van der Waals surface area contributed by atoms with Crippen molar-refractivity contribution in [2.45, 2.75) is 31.9 Å². The lowest BCUT2D eigenvalue weighted by Gasteiger charge is -2.48. The van der Waals surface area contributed by atoms with E-state index in [1.54, 1.807) is 6.92 Å². The van der Waals surface area contributed by atoms with E-state index in [1.165, 1.54) is 6.08 Å². The van der Waals surface area contributed by atoms with Gasteiger partial charge in [0, 0.05) is 24.5 Å². The van der Waals surface area contributed by atoms with Gasteiger partial charge < -0.3 is 15.6 Å². The third-order valence-corrected chi connectivity index (χ3v) is 4.31. The topological polar surface area (TPSA) is 55.5 Å². The first-order valence-corrected chi connectivity index (χ1v) is 6.64. The van der Waals surface area contributed by atoms with Crippen LogP contribution in [0.2, 0.25) is 0 Å². The van der Waals surface area contributed by atoms with Crippen LogP contribution >= 0.6 is 0 Å². The molecule has 0 bridgehead atoms. The number of halogens is 2. The molecule has 0 aromatic heterocycles. The summed E-state index contributed by atoms with van der Waals surface area (Å²) in [7, 11) is 0. The van der Waals surface area contributed by atoms with Crippen molar-refractivity contribution in [1.29, 1.82) is 0 Å². The smallest absolute Gasteiger partial charge is 0.122 e. The lowest BCUT2D eigenvalue weighted by atomic mass is 9.66. The highest BCUT2D eigenvalue weighted by atomic mass is 19.1. The van der Waals surface area contributed by atoms with Crippen LogP contribution in [0.4, 0.5) is 8.78 Å². The van der Waals surface area contributed by atoms with Crippen molar-refractivity contribution in [2.24, 2.45) is 23.5 Å². The molecule has 3 N–H and O–H groups in total. The molecule has 1 aliphatic heterocycles. The number of rotatable bonds is 2. The van der Waals surface area contributed by atoms with Crippen molar-refractivity contribution in [1.82, 2.24) is 0 Å². The van der Waals surface area contributed by atoms with Gasteiger partial charge in [-0.05, 0) is 25.3 Å². The molecule has 0 radical (unpaired) electrons. The molecule has 5 heteroatoms. The van der Waals surface area contributed by atoms with Crippen LogP contribution in [-0.4, -0.2) is 30.0 Å². The first-order valence-electron chi connectivity index (χ1n) is 6.64. The molecule has 2 unspecified atom stereocenters. The van der Waals surface area contributed by atoms with Crippen molar-refractivity contribution in [3.8, 4) is 0 Å². The molecule has 0 aromatic rings. The molecule has 0 amide bonds. The van der Waals surface area contributed by atoms with Crippen LogP contribution in [0, 0.1) is 17.8 Å². The van der Waals surface area contributed by atoms with E-state index >= 15 is 0 Å². The monoisotopic (exact) mass is 273 g/mol. The van der Waals surface area contributed by atoms with Crippen molar-refractivity contribution in [2.75, 3.05) is 13.2 Å². The Morgan fingerprint density at radius 1 is 1.47 bits per heavy atom. The van der Waals surface area contributed by atoms with Crippen LogP contribution in [-0.2, 0) is 4.74 Å².